The molecule has 0 radical (unpaired) electrons. The number of nitrogens with one attached hydrogen (secondary N) is 2. The second-order valence-corrected chi connectivity index (χ2v) is 3.70. The molecule has 1 amide bonds. The average Bonchev–Trinajstić information content (AvgIpc) is 2.21. The third-order valence-corrected chi connectivity index (χ3v) is 3.03. The summed E-state index contributed by atoms with van der Waals surface area (Å²) in [5, 5.41) is 6.04. The summed E-state index contributed by atoms with van der Waals surface area (Å²) in [6.07, 6.45) is 2.75. The van der Waals surface area contributed by atoms with Crippen molar-refractivity contribution in [2.45, 2.75) is 40.0 Å². The number of rotatable bonds is 7. The van der Waals surface area contributed by atoms with Gasteiger partial charge < -0.3 is 10.6 Å². The zero-order valence-corrected chi connectivity index (χ0v) is 9.94. The Balaban J connectivity index is 4.42. The largest absolute Gasteiger partial charge is 0.356 e. The summed E-state index contributed by atoms with van der Waals surface area (Å²) < 4.78 is 0. The molecule has 0 unspecified atom stereocenters. The van der Waals surface area contributed by atoms with Crippen LogP contribution in [0.3, 0.4) is 0 Å². The van der Waals surface area contributed by atoms with Crippen molar-refractivity contribution in [1.29, 1.82) is 0 Å². The van der Waals surface area contributed by atoms with Crippen LogP contribution in [0.25, 0.3) is 0 Å². The molecule has 0 saturated heterocycles. The molecule has 0 bridgehead atoms. The molecule has 0 aliphatic carbocycles. The predicted octanol–water partition coefficient (Wildman–Crippen LogP) is 1.54. The van der Waals surface area contributed by atoms with E-state index in [0.717, 1.165) is 32.4 Å². The topological polar surface area (TPSA) is 41.1 Å². The third kappa shape index (κ3) is 3.29. The van der Waals surface area contributed by atoms with Gasteiger partial charge in [-0.25, -0.2) is 0 Å². The molecule has 0 aliphatic heterocycles. The van der Waals surface area contributed by atoms with Gasteiger partial charge in [-0.2, -0.15) is 0 Å². The third-order valence-electron chi connectivity index (χ3n) is 3.03. The number of carbonyl (C=O) groups is 1. The molecule has 0 atom stereocenters. The van der Waals surface area contributed by atoms with Gasteiger partial charge in [-0.15, -0.1) is 0 Å². The van der Waals surface area contributed by atoms with Gasteiger partial charge in [-0.1, -0.05) is 13.8 Å². The highest BCUT2D eigenvalue weighted by Gasteiger charge is 2.33. The van der Waals surface area contributed by atoms with E-state index in [9.17, 15) is 4.79 Å². The molecule has 14 heavy (non-hydrogen) atoms. The Labute approximate surface area is 87.6 Å². The lowest BCUT2D eigenvalue weighted by Crippen LogP contribution is -2.41. The number of amides is 1. The van der Waals surface area contributed by atoms with Gasteiger partial charge in [0.1, 0.15) is 0 Å². The lowest BCUT2D eigenvalue weighted by molar-refractivity contribution is -0.131. The van der Waals surface area contributed by atoms with Crippen molar-refractivity contribution in [2.75, 3.05) is 20.1 Å². The van der Waals surface area contributed by atoms with Gasteiger partial charge in [0.25, 0.3) is 0 Å². The van der Waals surface area contributed by atoms with Crippen LogP contribution < -0.4 is 10.6 Å². The summed E-state index contributed by atoms with van der Waals surface area (Å²) in [6, 6.07) is 0. The molecule has 0 aliphatic rings. The fraction of sp³-hybridized carbons (Fsp3) is 0.909. The molecule has 0 aromatic heterocycles. The van der Waals surface area contributed by atoms with Crippen molar-refractivity contribution in [2.24, 2.45) is 5.41 Å². The van der Waals surface area contributed by atoms with Gasteiger partial charge in [0.15, 0.2) is 0 Å². The quantitative estimate of drug-likeness (QED) is 0.654. The summed E-state index contributed by atoms with van der Waals surface area (Å²) in [7, 11) is 1.92. The van der Waals surface area contributed by atoms with Crippen LogP contribution in [0.15, 0.2) is 0 Å². The number of hydrogen-bond acceptors (Lipinski definition) is 2. The van der Waals surface area contributed by atoms with E-state index < -0.39 is 0 Å². The molecule has 0 spiro atoms. The SMILES string of the molecule is CCNC(=O)C(CC)(CC)CCNC. The molecular weight excluding hydrogens is 176 g/mol. The maximum absolute atomic E-state index is 11.9. The van der Waals surface area contributed by atoms with Gasteiger partial charge in [0.05, 0.1) is 0 Å². The number of carbonyl (C=O) groups excluding carboxylic acids is 1. The summed E-state index contributed by atoms with van der Waals surface area (Å²) >= 11 is 0. The lowest BCUT2D eigenvalue weighted by Gasteiger charge is -2.30. The molecule has 84 valence electrons. The van der Waals surface area contributed by atoms with E-state index in [-0.39, 0.29) is 11.3 Å². The maximum atomic E-state index is 11.9. The molecule has 0 saturated carbocycles. The van der Waals surface area contributed by atoms with Crippen molar-refractivity contribution in [3.05, 3.63) is 0 Å². The Hall–Kier alpha value is -0.570. The normalized spacial score (nSPS) is 11.4. The zero-order valence-electron chi connectivity index (χ0n) is 9.94. The first-order valence-corrected chi connectivity index (χ1v) is 5.59. The Bertz CT molecular complexity index is 165. The Morgan fingerprint density at radius 3 is 2.14 bits per heavy atom. The minimum Gasteiger partial charge on any atom is -0.356 e. The van der Waals surface area contributed by atoms with Crippen LogP contribution in [-0.4, -0.2) is 26.0 Å². The van der Waals surface area contributed by atoms with Crippen molar-refractivity contribution in [3.63, 3.8) is 0 Å². The fourth-order valence-electron chi connectivity index (χ4n) is 1.75. The Morgan fingerprint density at radius 2 is 1.79 bits per heavy atom. The van der Waals surface area contributed by atoms with Crippen molar-refractivity contribution in [3.8, 4) is 0 Å². The van der Waals surface area contributed by atoms with Crippen LogP contribution in [0.2, 0.25) is 0 Å². The molecule has 0 aromatic rings. The van der Waals surface area contributed by atoms with Crippen LogP contribution in [0, 0.1) is 5.41 Å². The van der Waals surface area contributed by atoms with E-state index in [1.54, 1.807) is 0 Å². The van der Waals surface area contributed by atoms with Gasteiger partial charge >= 0.3 is 0 Å². The molecule has 3 heteroatoms. The van der Waals surface area contributed by atoms with E-state index in [2.05, 4.69) is 24.5 Å². The summed E-state index contributed by atoms with van der Waals surface area (Å²) in [4.78, 5) is 11.9. The molecular formula is C11H24N2O. The van der Waals surface area contributed by atoms with Crippen LogP contribution in [-0.2, 0) is 4.79 Å². The molecule has 0 heterocycles. The molecule has 3 nitrogen and oxygen atoms in total. The van der Waals surface area contributed by atoms with Crippen molar-refractivity contribution in [1.82, 2.24) is 10.6 Å². The van der Waals surface area contributed by atoms with Crippen molar-refractivity contribution < 1.29 is 4.79 Å². The first-order chi connectivity index (χ1) is 6.66. The lowest BCUT2D eigenvalue weighted by atomic mass is 9.78. The second-order valence-electron chi connectivity index (χ2n) is 3.70. The maximum Gasteiger partial charge on any atom is 0.226 e. The highest BCUT2D eigenvalue weighted by Crippen LogP contribution is 2.30. The molecule has 0 rings (SSSR count). The monoisotopic (exact) mass is 200 g/mol. The van der Waals surface area contributed by atoms with Crippen LogP contribution in [0.4, 0.5) is 0 Å². The van der Waals surface area contributed by atoms with E-state index in [4.69, 9.17) is 0 Å². The van der Waals surface area contributed by atoms with E-state index >= 15 is 0 Å². The first-order valence-electron chi connectivity index (χ1n) is 5.59. The smallest absolute Gasteiger partial charge is 0.226 e. The second kappa shape index (κ2) is 6.82. The van der Waals surface area contributed by atoms with Crippen LogP contribution in [0.5, 0.6) is 0 Å². The fourth-order valence-corrected chi connectivity index (χ4v) is 1.75. The van der Waals surface area contributed by atoms with Gasteiger partial charge in [-0.05, 0) is 39.8 Å². The minimum atomic E-state index is -0.168. The van der Waals surface area contributed by atoms with Crippen LogP contribution >= 0.6 is 0 Å². The van der Waals surface area contributed by atoms with Gasteiger partial charge in [0, 0.05) is 12.0 Å². The predicted molar refractivity (Wildman–Crippen MR) is 60.2 cm³/mol. The highest BCUT2D eigenvalue weighted by atomic mass is 16.2. The van der Waals surface area contributed by atoms with Gasteiger partial charge in [-0.3, -0.25) is 4.79 Å². The summed E-state index contributed by atoms with van der Waals surface area (Å²) in [6.45, 7) is 7.77. The highest BCUT2D eigenvalue weighted by molar-refractivity contribution is 5.82. The molecule has 0 aromatic carbocycles. The first kappa shape index (κ1) is 13.4. The minimum absolute atomic E-state index is 0.168. The summed E-state index contributed by atoms with van der Waals surface area (Å²) in [5.74, 6) is 0.209. The number of hydrogen-bond donors (Lipinski definition) is 2. The molecule has 2 N–H and O–H groups in total. The molecule has 0 fully saturated rings. The zero-order chi connectivity index (χ0) is 11.0. The van der Waals surface area contributed by atoms with E-state index in [1.165, 1.54) is 0 Å². The van der Waals surface area contributed by atoms with E-state index in [1.807, 2.05) is 14.0 Å². The van der Waals surface area contributed by atoms with E-state index in [0.29, 0.717) is 0 Å². The Kier molecular flexibility index (Phi) is 6.54. The van der Waals surface area contributed by atoms with Crippen LogP contribution in [0.1, 0.15) is 40.0 Å². The Morgan fingerprint density at radius 1 is 1.21 bits per heavy atom. The standard InChI is InChI=1S/C11H24N2O/c1-5-11(6-2,8-9-12-4)10(14)13-7-3/h12H,5-9H2,1-4H3,(H,13,14). The summed E-state index contributed by atoms with van der Waals surface area (Å²) in [5.41, 5.74) is -0.168. The van der Waals surface area contributed by atoms with Gasteiger partial charge in [0.2, 0.25) is 5.91 Å². The average molecular weight is 200 g/mol. The van der Waals surface area contributed by atoms with Crippen molar-refractivity contribution >= 4 is 5.91 Å².